The van der Waals surface area contributed by atoms with Crippen LogP contribution < -0.4 is 10.1 Å². The molecular formula is C21H18BrNO2. The molecular weight excluding hydrogens is 378 g/mol. The van der Waals surface area contributed by atoms with E-state index in [0.29, 0.717) is 5.75 Å². The normalized spacial score (nSPS) is 11.6. The number of ether oxygens (including phenoxy) is 1. The number of amides is 1. The van der Waals surface area contributed by atoms with E-state index in [1.54, 1.807) is 6.92 Å². The van der Waals surface area contributed by atoms with Crippen LogP contribution in [0.2, 0.25) is 0 Å². The Morgan fingerprint density at radius 2 is 1.60 bits per heavy atom. The van der Waals surface area contributed by atoms with Crippen LogP contribution in [0.3, 0.4) is 0 Å². The highest BCUT2D eigenvalue weighted by Gasteiger charge is 2.15. The summed E-state index contributed by atoms with van der Waals surface area (Å²) in [5.74, 6) is 0.474. The van der Waals surface area contributed by atoms with Crippen molar-refractivity contribution in [1.82, 2.24) is 0 Å². The van der Waals surface area contributed by atoms with E-state index in [-0.39, 0.29) is 5.91 Å². The molecule has 0 saturated carbocycles. The topological polar surface area (TPSA) is 38.3 Å². The Morgan fingerprint density at radius 3 is 2.28 bits per heavy atom. The van der Waals surface area contributed by atoms with Crippen molar-refractivity contribution in [3.05, 3.63) is 83.3 Å². The van der Waals surface area contributed by atoms with Crippen LogP contribution in [0.15, 0.2) is 83.3 Å². The summed E-state index contributed by atoms with van der Waals surface area (Å²) in [5, 5.41) is 2.85. The fraction of sp³-hybridized carbons (Fsp3) is 0.0952. The third-order valence-corrected chi connectivity index (χ3v) is 4.23. The fourth-order valence-electron chi connectivity index (χ4n) is 2.42. The second-order valence-electron chi connectivity index (χ2n) is 5.65. The van der Waals surface area contributed by atoms with Crippen molar-refractivity contribution in [1.29, 1.82) is 0 Å². The van der Waals surface area contributed by atoms with Gasteiger partial charge in [0.05, 0.1) is 0 Å². The number of anilines is 1. The molecule has 0 aliphatic carbocycles. The number of benzene rings is 3. The summed E-state index contributed by atoms with van der Waals surface area (Å²) in [7, 11) is 0. The number of halogens is 1. The maximum Gasteiger partial charge on any atom is 0.265 e. The van der Waals surface area contributed by atoms with Gasteiger partial charge in [-0.05, 0) is 48.4 Å². The maximum atomic E-state index is 12.3. The van der Waals surface area contributed by atoms with Crippen LogP contribution in [0.4, 0.5) is 5.69 Å². The Morgan fingerprint density at radius 1 is 0.920 bits per heavy atom. The minimum absolute atomic E-state index is 0.190. The monoisotopic (exact) mass is 395 g/mol. The first kappa shape index (κ1) is 17.2. The predicted molar refractivity (Wildman–Crippen MR) is 105 cm³/mol. The summed E-state index contributed by atoms with van der Waals surface area (Å²) in [5.41, 5.74) is 2.99. The van der Waals surface area contributed by atoms with Crippen molar-refractivity contribution in [3.8, 4) is 16.9 Å². The smallest absolute Gasteiger partial charge is 0.265 e. The first-order chi connectivity index (χ1) is 12.1. The van der Waals surface area contributed by atoms with Gasteiger partial charge < -0.3 is 10.1 Å². The van der Waals surface area contributed by atoms with Crippen molar-refractivity contribution in [2.24, 2.45) is 0 Å². The Kier molecular flexibility index (Phi) is 5.51. The molecule has 3 rings (SSSR count). The van der Waals surface area contributed by atoms with E-state index in [1.807, 2.05) is 66.7 Å². The Balaban J connectivity index is 1.62. The Bertz CT molecular complexity index is 847. The first-order valence-corrected chi connectivity index (χ1v) is 8.80. The SMILES string of the molecule is C[C@@H](Oc1ccc(-c2ccccc2)cc1)C(=O)Nc1cccc(Br)c1. The number of rotatable bonds is 5. The summed E-state index contributed by atoms with van der Waals surface area (Å²) in [4.78, 5) is 12.3. The van der Waals surface area contributed by atoms with Gasteiger partial charge in [0.25, 0.3) is 5.91 Å². The summed E-state index contributed by atoms with van der Waals surface area (Å²) >= 11 is 3.39. The number of hydrogen-bond donors (Lipinski definition) is 1. The van der Waals surface area contributed by atoms with E-state index in [9.17, 15) is 4.79 Å². The molecule has 0 bridgehead atoms. The Labute approximate surface area is 155 Å². The lowest BCUT2D eigenvalue weighted by Gasteiger charge is -2.15. The highest BCUT2D eigenvalue weighted by atomic mass is 79.9. The highest BCUT2D eigenvalue weighted by molar-refractivity contribution is 9.10. The largest absolute Gasteiger partial charge is 0.481 e. The Hall–Kier alpha value is -2.59. The van der Waals surface area contributed by atoms with Gasteiger partial charge in [-0.25, -0.2) is 0 Å². The average Bonchev–Trinajstić information content (AvgIpc) is 2.63. The van der Waals surface area contributed by atoms with E-state index in [1.165, 1.54) is 0 Å². The minimum atomic E-state index is -0.596. The molecule has 3 nitrogen and oxygen atoms in total. The van der Waals surface area contributed by atoms with Crippen LogP contribution in [0, 0.1) is 0 Å². The molecule has 0 aliphatic rings. The molecule has 25 heavy (non-hydrogen) atoms. The molecule has 0 unspecified atom stereocenters. The van der Waals surface area contributed by atoms with Gasteiger partial charge in [0, 0.05) is 10.2 Å². The third-order valence-electron chi connectivity index (χ3n) is 3.74. The predicted octanol–water partition coefficient (Wildman–Crippen LogP) is 5.52. The van der Waals surface area contributed by atoms with Gasteiger partial charge in [-0.3, -0.25) is 4.79 Å². The van der Waals surface area contributed by atoms with Gasteiger partial charge in [-0.2, -0.15) is 0 Å². The molecule has 126 valence electrons. The molecule has 3 aromatic rings. The van der Waals surface area contributed by atoms with Crippen LogP contribution in [0.25, 0.3) is 11.1 Å². The lowest BCUT2D eigenvalue weighted by atomic mass is 10.1. The van der Waals surface area contributed by atoms with Crippen molar-refractivity contribution >= 4 is 27.5 Å². The van der Waals surface area contributed by atoms with Crippen LogP contribution in [-0.2, 0) is 4.79 Å². The molecule has 0 fully saturated rings. The second kappa shape index (κ2) is 7.99. The summed E-state index contributed by atoms with van der Waals surface area (Å²) < 4.78 is 6.66. The fourth-order valence-corrected chi connectivity index (χ4v) is 2.82. The van der Waals surface area contributed by atoms with Gasteiger partial charge >= 0.3 is 0 Å². The molecule has 1 atom stereocenters. The lowest BCUT2D eigenvalue weighted by Crippen LogP contribution is -2.30. The summed E-state index contributed by atoms with van der Waals surface area (Å²) in [6, 6.07) is 25.3. The molecule has 0 saturated heterocycles. The van der Waals surface area contributed by atoms with Gasteiger partial charge in [0.15, 0.2) is 6.10 Å². The zero-order valence-corrected chi connectivity index (χ0v) is 15.4. The first-order valence-electron chi connectivity index (χ1n) is 8.00. The molecule has 1 amide bonds. The van der Waals surface area contributed by atoms with Gasteiger partial charge in [-0.1, -0.05) is 64.5 Å². The highest BCUT2D eigenvalue weighted by Crippen LogP contribution is 2.23. The molecule has 0 aromatic heterocycles. The number of carbonyl (C=O) groups excluding carboxylic acids is 1. The summed E-state index contributed by atoms with van der Waals surface area (Å²) in [6.07, 6.45) is -0.596. The van der Waals surface area contributed by atoms with Crippen LogP contribution in [0.1, 0.15) is 6.92 Å². The maximum absolute atomic E-state index is 12.3. The van der Waals surface area contributed by atoms with Gasteiger partial charge in [-0.15, -0.1) is 0 Å². The zero-order valence-electron chi connectivity index (χ0n) is 13.8. The quantitative estimate of drug-likeness (QED) is 0.617. The minimum Gasteiger partial charge on any atom is -0.481 e. The molecule has 0 spiro atoms. The number of carbonyl (C=O) groups is 1. The molecule has 4 heteroatoms. The van der Waals surface area contributed by atoms with E-state index in [2.05, 4.69) is 33.4 Å². The van der Waals surface area contributed by atoms with E-state index in [0.717, 1.165) is 21.3 Å². The van der Waals surface area contributed by atoms with E-state index >= 15 is 0 Å². The van der Waals surface area contributed by atoms with Gasteiger partial charge in [0.1, 0.15) is 5.75 Å². The van der Waals surface area contributed by atoms with Crippen molar-refractivity contribution < 1.29 is 9.53 Å². The van der Waals surface area contributed by atoms with Crippen LogP contribution >= 0.6 is 15.9 Å². The van der Waals surface area contributed by atoms with Gasteiger partial charge in [0.2, 0.25) is 0 Å². The molecule has 0 heterocycles. The molecule has 1 N–H and O–H groups in total. The summed E-state index contributed by atoms with van der Waals surface area (Å²) in [6.45, 7) is 1.73. The van der Waals surface area contributed by atoms with E-state index < -0.39 is 6.10 Å². The standard InChI is InChI=1S/C21H18BrNO2/c1-15(21(24)23-19-9-5-8-18(22)14-19)25-20-12-10-17(11-13-20)16-6-3-2-4-7-16/h2-15H,1H3,(H,23,24)/t15-/m1/s1. The second-order valence-corrected chi connectivity index (χ2v) is 6.57. The molecule has 3 aromatic carbocycles. The van der Waals surface area contributed by atoms with Crippen molar-refractivity contribution in [2.45, 2.75) is 13.0 Å². The zero-order chi connectivity index (χ0) is 17.6. The van der Waals surface area contributed by atoms with Crippen molar-refractivity contribution in [3.63, 3.8) is 0 Å². The van der Waals surface area contributed by atoms with Crippen molar-refractivity contribution in [2.75, 3.05) is 5.32 Å². The number of hydrogen-bond acceptors (Lipinski definition) is 2. The third kappa shape index (κ3) is 4.70. The van der Waals surface area contributed by atoms with E-state index in [4.69, 9.17) is 4.74 Å². The number of nitrogens with one attached hydrogen (secondary N) is 1. The molecule has 0 aliphatic heterocycles. The van der Waals surface area contributed by atoms with Crippen LogP contribution in [-0.4, -0.2) is 12.0 Å². The lowest BCUT2D eigenvalue weighted by molar-refractivity contribution is -0.122. The average molecular weight is 396 g/mol. The van der Waals surface area contributed by atoms with Crippen LogP contribution in [0.5, 0.6) is 5.75 Å². The molecule has 0 radical (unpaired) electrons.